The van der Waals surface area contributed by atoms with E-state index in [4.69, 9.17) is 0 Å². The molecule has 0 atom stereocenters. The van der Waals surface area contributed by atoms with E-state index in [1.54, 1.807) is 6.92 Å². The van der Waals surface area contributed by atoms with E-state index in [0.29, 0.717) is 23.1 Å². The van der Waals surface area contributed by atoms with Crippen molar-refractivity contribution in [2.75, 3.05) is 6.54 Å². The zero-order valence-electron chi connectivity index (χ0n) is 16.5. The highest BCUT2D eigenvalue weighted by Gasteiger charge is 2.38. The average Bonchev–Trinajstić information content (AvgIpc) is 3.23. The topological polar surface area (TPSA) is 68.1 Å². The van der Waals surface area contributed by atoms with E-state index in [2.05, 4.69) is 10.1 Å². The molecule has 0 radical (unpaired) electrons. The fraction of sp³-hybridized carbons (Fsp3) is 0.130. The number of hydrogen-bond acceptors (Lipinski definition) is 4. The minimum Gasteiger partial charge on any atom is -0.274 e. The van der Waals surface area contributed by atoms with Crippen LogP contribution in [0.2, 0.25) is 0 Å². The molecule has 0 aliphatic carbocycles. The van der Waals surface area contributed by atoms with Gasteiger partial charge in [0.15, 0.2) is 17.3 Å². The van der Waals surface area contributed by atoms with Crippen molar-refractivity contribution >= 4 is 22.8 Å². The normalized spacial score (nSPS) is 13.3. The summed E-state index contributed by atoms with van der Waals surface area (Å²) >= 11 is 0. The maximum absolute atomic E-state index is 13.7. The first-order chi connectivity index (χ1) is 15.0. The van der Waals surface area contributed by atoms with Crippen LogP contribution in [-0.4, -0.2) is 38.0 Å². The predicted molar refractivity (Wildman–Crippen MR) is 109 cm³/mol. The number of carbonyl (C=O) groups excluding carboxylic acids is 2. The van der Waals surface area contributed by atoms with Crippen LogP contribution in [0.4, 0.5) is 8.78 Å². The lowest BCUT2D eigenvalue weighted by Crippen LogP contribution is -2.31. The highest BCUT2D eigenvalue weighted by Crippen LogP contribution is 2.32. The number of rotatable bonds is 4. The lowest BCUT2D eigenvalue weighted by atomic mass is 10.1. The zero-order valence-corrected chi connectivity index (χ0v) is 16.5. The van der Waals surface area contributed by atoms with Gasteiger partial charge in [-0.15, -0.1) is 0 Å². The molecule has 1 aliphatic rings. The Balaban J connectivity index is 1.56. The van der Waals surface area contributed by atoms with E-state index in [9.17, 15) is 18.4 Å². The molecule has 2 amide bonds. The molecule has 0 saturated heterocycles. The number of aromatic nitrogens is 3. The van der Waals surface area contributed by atoms with Gasteiger partial charge in [-0.25, -0.2) is 18.4 Å². The van der Waals surface area contributed by atoms with E-state index in [1.165, 1.54) is 21.8 Å². The molecule has 0 fully saturated rings. The van der Waals surface area contributed by atoms with Crippen molar-refractivity contribution in [1.82, 2.24) is 19.7 Å². The van der Waals surface area contributed by atoms with Crippen LogP contribution < -0.4 is 0 Å². The van der Waals surface area contributed by atoms with Gasteiger partial charge in [-0.1, -0.05) is 30.3 Å². The molecule has 0 N–H and O–H groups in total. The van der Waals surface area contributed by atoms with Crippen LogP contribution in [0.15, 0.2) is 54.7 Å². The summed E-state index contributed by atoms with van der Waals surface area (Å²) in [4.78, 5) is 31.6. The third-order valence-electron chi connectivity index (χ3n) is 5.42. The number of pyridine rings is 1. The minimum atomic E-state index is -1.02. The Morgan fingerprint density at radius 2 is 1.74 bits per heavy atom. The van der Waals surface area contributed by atoms with Gasteiger partial charge in [-0.2, -0.15) is 5.10 Å². The van der Waals surface area contributed by atoms with E-state index < -0.39 is 23.4 Å². The van der Waals surface area contributed by atoms with E-state index in [-0.39, 0.29) is 23.4 Å². The smallest absolute Gasteiger partial charge is 0.263 e. The molecule has 5 rings (SSSR count). The van der Waals surface area contributed by atoms with Crippen LogP contribution in [-0.2, 0) is 6.42 Å². The molecular weight excluding hydrogens is 402 g/mol. The molecule has 0 saturated carbocycles. The quantitative estimate of drug-likeness (QED) is 0.472. The Hall–Kier alpha value is -3.94. The van der Waals surface area contributed by atoms with Gasteiger partial charge in [-0.3, -0.25) is 14.5 Å². The molecule has 2 aromatic heterocycles. The van der Waals surface area contributed by atoms with E-state index in [0.717, 1.165) is 17.7 Å². The Morgan fingerprint density at radius 1 is 0.968 bits per heavy atom. The fourth-order valence-electron chi connectivity index (χ4n) is 3.89. The Kier molecular flexibility index (Phi) is 4.35. The summed E-state index contributed by atoms with van der Waals surface area (Å²) in [6.07, 6.45) is 1.88. The van der Waals surface area contributed by atoms with Crippen LogP contribution in [0.5, 0.6) is 0 Å². The first-order valence-corrected chi connectivity index (χ1v) is 9.69. The van der Waals surface area contributed by atoms with Crippen molar-refractivity contribution < 1.29 is 18.4 Å². The number of fused-ring (bicyclic) bond motifs is 3. The lowest BCUT2D eigenvalue weighted by molar-refractivity contribution is 0.0656. The molecule has 4 aromatic rings. The second-order valence-corrected chi connectivity index (χ2v) is 7.34. The number of nitrogens with zero attached hydrogens (tertiary/aromatic N) is 4. The van der Waals surface area contributed by atoms with Crippen LogP contribution >= 0.6 is 0 Å². The molecule has 0 spiro atoms. The highest BCUT2D eigenvalue weighted by molar-refractivity contribution is 6.26. The number of halogens is 2. The van der Waals surface area contributed by atoms with Gasteiger partial charge in [0.1, 0.15) is 0 Å². The lowest BCUT2D eigenvalue weighted by Gasteiger charge is -2.13. The SMILES string of the molecule is Cc1nn(-c2ccc(F)c(F)c2)c2ncc3c(c12)C(=O)N(CCc1ccccc1)C3=O. The Morgan fingerprint density at radius 3 is 2.48 bits per heavy atom. The van der Waals surface area contributed by atoms with Gasteiger partial charge in [0.2, 0.25) is 0 Å². The van der Waals surface area contributed by atoms with Crippen molar-refractivity contribution in [2.24, 2.45) is 0 Å². The maximum atomic E-state index is 13.7. The summed E-state index contributed by atoms with van der Waals surface area (Å²) in [5, 5.41) is 4.80. The number of benzene rings is 2. The zero-order chi connectivity index (χ0) is 21.7. The molecule has 31 heavy (non-hydrogen) atoms. The fourth-order valence-corrected chi connectivity index (χ4v) is 3.89. The number of imide groups is 1. The van der Waals surface area contributed by atoms with Crippen molar-refractivity contribution in [3.8, 4) is 5.69 Å². The van der Waals surface area contributed by atoms with Crippen molar-refractivity contribution in [1.29, 1.82) is 0 Å². The Labute approximate surface area is 175 Å². The summed E-state index contributed by atoms with van der Waals surface area (Å²) in [7, 11) is 0. The summed E-state index contributed by atoms with van der Waals surface area (Å²) in [6.45, 7) is 1.93. The second kappa shape index (κ2) is 7.09. The van der Waals surface area contributed by atoms with Crippen LogP contribution in [0, 0.1) is 18.6 Å². The summed E-state index contributed by atoms with van der Waals surface area (Å²) in [5.74, 6) is -2.79. The highest BCUT2D eigenvalue weighted by atomic mass is 19.2. The van der Waals surface area contributed by atoms with Gasteiger partial charge in [0.25, 0.3) is 11.8 Å². The standard InChI is InChI=1S/C23H16F2N4O2/c1-13-19-20-16(22(30)28(23(20)31)10-9-14-5-3-2-4-6-14)12-26-21(19)29(27-13)15-7-8-17(24)18(25)11-15/h2-8,11-12H,9-10H2,1H3. The van der Waals surface area contributed by atoms with Crippen molar-refractivity contribution in [3.63, 3.8) is 0 Å². The monoisotopic (exact) mass is 418 g/mol. The molecule has 2 aromatic carbocycles. The van der Waals surface area contributed by atoms with Gasteiger partial charge < -0.3 is 0 Å². The van der Waals surface area contributed by atoms with Crippen LogP contribution in [0.25, 0.3) is 16.7 Å². The molecule has 6 nitrogen and oxygen atoms in total. The van der Waals surface area contributed by atoms with E-state index >= 15 is 0 Å². The molecule has 1 aliphatic heterocycles. The number of carbonyl (C=O) groups is 2. The van der Waals surface area contributed by atoms with Crippen molar-refractivity contribution in [2.45, 2.75) is 13.3 Å². The predicted octanol–water partition coefficient (Wildman–Crippen LogP) is 3.85. The van der Waals surface area contributed by atoms with Crippen molar-refractivity contribution in [3.05, 3.63) is 88.7 Å². The third kappa shape index (κ3) is 2.99. The first-order valence-electron chi connectivity index (χ1n) is 9.69. The molecule has 3 heterocycles. The summed E-state index contributed by atoms with van der Waals surface area (Å²) in [6, 6.07) is 13.0. The van der Waals surface area contributed by atoms with Crippen LogP contribution in [0.3, 0.4) is 0 Å². The first kappa shape index (κ1) is 19.0. The second-order valence-electron chi connectivity index (χ2n) is 7.34. The number of amides is 2. The summed E-state index contributed by atoms with van der Waals surface area (Å²) in [5.41, 5.74) is 2.52. The largest absolute Gasteiger partial charge is 0.274 e. The number of aryl methyl sites for hydroxylation is 1. The molecule has 0 unspecified atom stereocenters. The molecule has 0 bridgehead atoms. The molecular formula is C23H16F2N4O2. The maximum Gasteiger partial charge on any atom is 0.263 e. The van der Waals surface area contributed by atoms with Gasteiger partial charge in [0.05, 0.1) is 27.9 Å². The average molecular weight is 418 g/mol. The minimum absolute atomic E-state index is 0.221. The summed E-state index contributed by atoms with van der Waals surface area (Å²) < 4.78 is 28.4. The van der Waals surface area contributed by atoms with Gasteiger partial charge >= 0.3 is 0 Å². The third-order valence-corrected chi connectivity index (χ3v) is 5.42. The van der Waals surface area contributed by atoms with Crippen LogP contribution in [0.1, 0.15) is 32.0 Å². The molecule has 154 valence electrons. The van der Waals surface area contributed by atoms with E-state index in [1.807, 2.05) is 30.3 Å². The Bertz CT molecular complexity index is 1370. The van der Waals surface area contributed by atoms with Gasteiger partial charge in [-0.05, 0) is 31.0 Å². The van der Waals surface area contributed by atoms with Gasteiger partial charge in [0, 0.05) is 18.8 Å². The molecule has 8 heteroatoms. The number of hydrogen-bond donors (Lipinski definition) is 0.